The molecule has 0 saturated heterocycles. The second kappa shape index (κ2) is 11.0. The van der Waals surface area contributed by atoms with Gasteiger partial charge in [0.1, 0.15) is 12.2 Å². The van der Waals surface area contributed by atoms with Crippen molar-refractivity contribution < 1.29 is 32.4 Å². The van der Waals surface area contributed by atoms with Crippen LogP contribution < -0.4 is 16.2 Å². The Balaban J connectivity index is 2.43. The largest absolute Gasteiger partial charge is 0.452 e. The Labute approximate surface area is 193 Å². The molecule has 1 unspecified atom stereocenters. The van der Waals surface area contributed by atoms with Gasteiger partial charge in [-0.15, -0.1) is 5.06 Å². The third-order valence-electron chi connectivity index (χ3n) is 4.59. The summed E-state index contributed by atoms with van der Waals surface area (Å²) in [7, 11) is 2.90. The van der Waals surface area contributed by atoms with E-state index in [1.807, 2.05) is 0 Å². The summed E-state index contributed by atoms with van der Waals surface area (Å²) >= 11 is 0. The monoisotopic (exact) mass is 482 g/mol. The van der Waals surface area contributed by atoms with Crippen molar-refractivity contribution in [1.82, 2.24) is 14.9 Å². The van der Waals surface area contributed by atoms with Crippen molar-refractivity contribution in [2.75, 3.05) is 19.4 Å². The van der Waals surface area contributed by atoms with Gasteiger partial charge in [-0.1, -0.05) is 44.2 Å². The molecule has 184 valence electrons. The number of amides is 2. The number of aromatic nitrogens is 1. The van der Waals surface area contributed by atoms with Crippen LogP contribution in [0.5, 0.6) is 0 Å². The van der Waals surface area contributed by atoms with E-state index in [1.54, 1.807) is 30.3 Å². The predicted molar refractivity (Wildman–Crippen MR) is 118 cm³/mol. The molecule has 2 amide bonds. The average molecular weight is 482 g/mol. The molecule has 0 bridgehead atoms. The number of hydrogen-bond acceptors (Lipinski definition) is 6. The highest BCUT2D eigenvalue weighted by molar-refractivity contribution is 5.93. The van der Waals surface area contributed by atoms with Crippen LogP contribution in [-0.4, -0.2) is 53.7 Å². The lowest BCUT2D eigenvalue weighted by atomic mass is 9.99. The first-order valence-electron chi connectivity index (χ1n) is 10.2. The van der Waals surface area contributed by atoms with E-state index in [1.165, 1.54) is 40.1 Å². The topological polar surface area (TPSA) is 110 Å². The van der Waals surface area contributed by atoms with Gasteiger partial charge in [0.15, 0.2) is 0 Å². The maximum atomic E-state index is 13.1. The molecular formula is C22H25F3N4O5. The Hall–Kier alpha value is -3.67. The molecule has 1 aromatic carbocycles. The van der Waals surface area contributed by atoms with Gasteiger partial charge in [-0.3, -0.25) is 24.3 Å². The number of alkyl halides is 3. The highest BCUT2D eigenvalue weighted by Gasteiger charge is 2.45. The first-order chi connectivity index (χ1) is 15.8. The molecule has 0 aliphatic heterocycles. The van der Waals surface area contributed by atoms with Crippen LogP contribution in [-0.2, 0) is 21.0 Å². The van der Waals surface area contributed by atoms with Crippen LogP contribution in [0.3, 0.4) is 0 Å². The number of halogens is 3. The summed E-state index contributed by atoms with van der Waals surface area (Å²) < 4.78 is 39.8. The minimum atomic E-state index is -5.13. The number of nitrogens with zero attached hydrogens (tertiary/aromatic N) is 2. The van der Waals surface area contributed by atoms with Gasteiger partial charge < -0.3 is 10.2 Å². The fourth-order valence-corrected chi connectivity index (χ4v) is 3.06. The van der Waals surface area contributed by atoms with E-state index in [-0.39, 0.29) is 11.4 Å². The summed E-state index contributed by atoms with van der Waals surface area (Å²) in [5, 5.41) is 5.44. The number of ketones is 1. The number of nitrogens with one attached hydrogen (secondary N) is 2. The van der Waals surface area contributed by atoms with Crippen LogP contribution in [0.2, 0.25) is 0 Å². The Morgan fingerprint density at radius 3 is 2.21 bits per heavy atom. The molecule has 12 heteroatoms. The Morgan fingerprint density at radius 1 is 1.06 bits per heavy atom. The Morgan fingerprint density at radius 2 is 1.68 bits per heavy atom. The summed E-state index contributed by atoms with van der Waals surface area (Å²) in [4.78, 5) is 54.2. The fourth-order valence-electron chi connectivity index (χ4n) is 3.06. The van der Waals surface area contributed by atoms with E-state index >= 15 is 0 Å². The van der Waals surface area contributed by atoms with E-state index in [0.29, 0.717) is 5.56 Å². The molecule has 2 N–H and O–H groups in total. The molecule has 0 spiro atoms. The maximum absolute atomic E-state index is 13.1. The van der Waals surface area contributed by atoms with Gasteiger partial charge >= 0.3 is 12.3 Å². The lowest BCUT2D eigenvalue weighted by molar-refractivity contribution is -0.174. The number of rotatable bonds is 8. The predicted octanol–water partition coefficient (Wildman–Crippen LogP) is 2.81. The summed E-state index contributed by atoms with van der Waals surface area (Å²) in [6, 6.07) is 9.43. The molecule has 34 heavy (non-hydrogen) atoms. The Bertz CT molecular complexity index is 1100. The Kier molecular flexibility index (Phi) is 8.57. The third kappa shape index (κ3) is 6.91. The molecule has 0 saturated carbocycles. The molecule has 2 aromatic rings. The van der Waals surface area contributed by atoms with Crippen LogP contribution in [0, 0.1) is 5.92 Å². The second-order valence-corrected chi connectivity index (χ2v) is 7.86. The van der Waals surface area contributed by atoms with Crippen molar-refractivity contribution in [2.24, 2.45) is 5.92 Å². The van der Waals surface area contributed by atoms with Crippen molar-refractivity contribution >= 4 is 23.5 Å². The van der Waals surface area contributed by atoms with Crippen molar-refractivity contribution in [1.29, 1.82) is 0 Å². The number of carbonyl (C=O) groups is 3. The van der Waals surface area contributed by atoms with Crippen LogP contribution in [0.25, 0.3) is 11.3 Å². The number of hydrogen-bond donors (Lipinski definition) is 2. The number of carbonyl (C=O) groups excluding carboxylic acids is 3. The first kappa shape index (κ1) is 26.6. The molecular weight excluding hydrogens is 457 g/mol. The second-order valence-electron chi connectivity index (χ2n) is 7.86. The maximum Gasteiger partial charge on any atom is 0.452 e. The van der Waals surface area contributed by atoms with Crippen LogP contribution in [0.4, 0.5) is 23.7 Å². The standard InChI is InChI=1S/C22H25F3N4O5/c1-13(2)18(19(31)22(23,24)25)27-17(30)12-29-16(14-8-6-5-7-9-14)11-10-15(20(29)32)26-21(33)34-28(3)4/h5-11,13,18H,12H2,1-4H3,(H,26,33)(H,27,30). The molecule has 9 nitrogen and oxygen atoms in total. The summed E-state index contributed by atoms with van der Waals surface area (Å²) in [6.07, 6.45) is -6.09. The summed E-state index contributed by atoms with van der Waals surface area (Å²) in [6.45, 7) is 2.02. The van der Waals surface area contributed by atoms with Crippen molar-refractivity contribution in [3.8, 4) is 11.3 Å². The van der Waals surface area contributed by atoms with Crippen molar-refractivity contribution in [2.45, 2.75) is 32.6 Å². The molecule has 0 radical (unpaired) electrons. The minimum Gasteiger partial charge on any atom is -0.351 e. The van der Waals surface area contributed by atoms with Crippen LogP contribution in [0.1, 0.15) is 13.8 Å². The zero-order chi connectivity index (χ0) is 25.6. The van der Waals surface area contributed by atoms with Gasteiger partial charge in [-0.2, -0.15) is 13.2 Å². The lowest BCUT2D eigenvalue weighted by Crippen LogP contribution is -2.50. The number of pyridine rings is 1. The number of hydroxylamine groups is 2. The van der Waals surface area contributed by atoms with Gasteiger partial charge in [-0.25, -0.2) is 4.79 Å². The SMILES string of the molecule is CC(C)C(NC(=O)Cn1c(-c2ccccc2)ccc(NC(=O)ON(C)C)c1=O)C(=O)C(F)(F)F. The molecule has 0 aliphatic rings. The van der Waals surface area contributed by atoms with Crippen LogP contribution in [0.15, 0.2) is 47.3 Å². The van der Waals surface area contributed by atoms with E-state index in [9.17, 15) is 32.3 Å². The number of anilines is 1. The summed E-state index contributed by atoms with van der Waals surface area (Å²) in [5.41, 5.74) is -0.196. The average Bonchev–Trinajstić information content (AvgIpc) is 2.73. The van der Waals surface area contributed by atoms with Gasteiger partial charge in [0, 0.05) is 14.1 Å². The molecule has 1 atom stereocenters. The number of Topliss-reactive ketones (excluding diaryl/α,β-unsaturated/α-hetero) is 1. The van der Waals surface area contributed by atoms with E-state index in [2.05, 4.69) is 10.6 Å². The molecule has 2 rings (SSSR count). The summed E-state index contributed by atoms with van der Waals surface area (Å²) in [5.74, 6) is -3.92. The van der Waals surface area contributed by atoms with Crippen molar-refractivity contribution in [3.63, 3.8) is 0 Å². The quantitative estimate of drug-likeness (QED) is 0.560. The molecule has 1 aromatic heterocycles. The number of benzene rings is 1. The first-order valence-corrected chi connectivity index (χ1v) is 10.2. The van der Waals surface area contributed by atoms with E-state index in [0.717, 1.165) is 9.63 Å². The zero-order valence-corrected chi connectivity index (χ0v) is 19.0. The van der Waals surface area contributed by atoms with Gasteiger partial charge in [0.25, 0.3) is 11.3 Å². The molecule has 1 heterocycles. The zero-order valence-electron chi connectivity index (χ0n) is 19.0. The molecule has 0 aliphatic carbocycles. The van der Waals surface area contributed by atoms with Crippen molar-refractivity contribution in [3.05, 3.63) is 52.8 Å². The highest BCUT2D eigenvalue weighted by atomic mass is 19.4. The van der Waals surface area contributed by atoms with Crippen LogP contribution >= 0.6 is 0 Å². The fraction of sp³-hybridized carbons (Fsp3) is 0.364. The van der Waals surface area contributed by atoms with Gasteiger partial charge in [0.05, 0.1) is 11.7 Å². The van der Waals surface area contributed by atoms with Gasteiger partial charge in [0.2, 0.25) is 5.91 Å². The normalized spacial score (nSPS) is 12.4. The van der Waals surface area contributed by atoms with E-state index in [4.69, 9.17) is 4.84 Å². The molecule has 0 fully saturated rings. The van der Waals surface area contributed by atoms with E-state index < -0.39 is 48.0 Å². The van der Waals surface area contributed by atoms with Gasteiger partial charge in [-0.05, 0) is 23.6 Å². The third-order valence-corrected chi connectivity index (χ3v) is 4.59. The minimum absolute atomic E-state index is 0.217. The highest BCUT2D eigenvalue weighted by Crippen LogP contribution is 2.22. The lowest BCUT2D eigenvalue weighted by Gasteiger charge is -2.23. The smallest absolute Gasteiger partial charge is 0.351 e.